The number of aryl methyl sites for hydroxylation is 1. The van der Waals surface area contributed by atoms with Gasteiger partial charge in [0.15, 0.2) is 0 Å². The van der Waals surface area contributed by atoms with Gasteiger partial charge in [-0.1, -0.05) is 18.2 Å². The van der Waals surface area contributed by atoms with Crippen molar-refractivity contribution in [3.63, 3.8) is 0 Å². The van der Waals surface area contributed by atoms with Crippen LogP contribution < -0.4 is 4.74 Å². The summed E-state index contributed by atoms with van der Waals surface area (Å²) in [5.74, 6) is -0.289. The van der Waals surface area contributed by atoms with Gasteiger partial charge in [-0.15, -0.1) is 0 Å². The van der Waals surface area contributed by atoms with Crippen LogP contribution in [-0.4, -0.2) is 27.2 Å². The fourth-order valence-electron chi connectivity index (χ4n) is 3.53. The summed E-state index contributed by atoms with van der Waals surface area (Å²) >= 11 is 0. The van der Waals surface area contributed by atoms with Crippen LogP contribution in [0.25, 0.3) is 22.2 Å². The Kier molecular flexibility index (Phi) is 4.81. The molecule has 1 N–H and O–H groups in total. The average molecular weight is 372 g/mol. The molecule has 0 saturated carbocycles. The highest BCUT2D eigenvalue weighted by atomic mass is 16.5. The van der Waals surface area contributed by atoms with E-state index >= 15 is 0 Å². The van der Waals surface area contributed by atoms with Gasteiger partial charge in [-0.05, 0) is 55.0 Å². The molecule has 5 nitrogen and oxygen atoms in total. The number of fused-ring (bicyclic) bond motifs is 1. The second-order valence-corrected chi connectivity index (χ2v) is 6.56. The van der Waals surface area contributed by atoms with Gasteiger partial charge in [-0.25, -0.2) is 4.79 Å². The van der Waals surface area contributed by atoms with E-state index in [2.05, 4.69) is 34.7 Å². The molecule has 0 unspecified atom stereocenters. The summed E-state index contributed by atoms with van der Waals surface area (Å²) < 4.78 is 8.12. The van der Waals surface area contributed by atoms with Crippen molar-refractivity contribution >= 4 is 16.9 Å². The summed E-state index contributed by atoms with van der Waals surface area (Å²) in [6, 6.07) is 18.8. The Hall–Kier alpha value is -3.60. The van der Waals surface area contributed by atoms with E-state index in [1.54, 1.807) is 30.5 Å². The first kappa shape index (κ1) is 17.8. The van der Waals surface area contributed by atoms with Crippen molar-refractivity contribution in [1.29, 1.82) is 0 Å². The molecule has 28 heavy (non-hydrogen) atoms. The largest absolute Gasteiger partial charge is 0.492 e. The number of carboxylic acid groups (broad SMARTS) is 1. The van der Waals surface area contributed by atoms with Crippen LogP contribution in [0.2, 0.25) is 0 Å². The molecule has 2 heterocycles. The third kappa shape index (κ3) is 3.34. The van der Waals surface area contributed by atoms with E-state index < -0.39 is 5.97 Å². The third-order valence-corrected chi connectivity index (χ3v) is 4.84. The zero-order valence-electron chi connectivity index (χ0n) is 15.5. The molecule has 0 fully saturated rings. The summed E-state index contributed by atoms with van der Waals surface area (Å²) in [7, 11) is 0. The molecule has 0 amide bonds. The van der Waals surface area contributed by atoms with Crippen molar-refractivity contribution in [3.8, 4) is 17.0 Å². The molecule has 5 heteroatoms. The Morgan fingerprint density at radius 1 is 1.07 bits per heavy atom. The molecule has 2 aromatic heterocycles. The molecular formula is C23H20N2O3. The number of ether oxygens (including phenoxy) is 1. The number of carboxylic acids is 1. The number of nitrogens with zero attached hydrogens (tertiary/aromatic N) is 2. The van der Waals surface area contributed by atoms with E-state index in [9.17, 15) is 4.79 Å². The Balaban J connectivity index is 1.62. The average Bonchev–Trinajstić information content (AvgIpc) is 3.01. The summed E-state index contributed by atoms with van der Waals surface area (Å²) in [4.78, 5) is 15.2. The maximum atomic E-state index is 11.0. The standard InChI is InChI=1S/C23H20N2O3/c1-16-20-6-2-3-7-21(20)25(22(16)18-5-4-12-24-15-18)13-14-28-19-10-8-17(9-11-19)23(26)27/h2-12,15H,13-14H2,1H3,(H,26,27). The van der Waals surface area contributed by atoms with Crippen LogP contribution >= 0.6 is 0 Å². The van der Waals surface area contributed by atoms with Gasteiger partial charge in [0.1, 0.15) is 12.4 Å². The monoisotopic (exact) mass is 372 g/mol. The number of para-hydroxylation sites is 1. The number of rotatable bonds is 6. The van der Waals surface area contributed by atoms with Gasteiger partial charge in [0, 0.05) is 28.9 Å². The van der Waals surface area contributed by atoms with Crippen molar-refractivity contribution in [2.75, 3.05) is 6.61 Å². The lowest BCUT2D eigenvalue weighted by Crippen LogP contribution is -2.09. The number of hydrogen-bond acceptors (Lipinski definition) is 3. The summed E-state index contributed by atoms with van der Waals surface area (Å²) in [6.45, 7) is 3.27. The minimum Gasteiger partial charge on any atom is -0.492 e. The summed E-state index contributed by atoms with van der Waals surface area (Å²) in [5.41, 5.74) is 4.83. The van der Waals surface area contributed by atoms with Gasteiger partial charge in [0.05, 0.1) is 17.8 Å². The lowest BCUT2D eigenvalue weighted by molar-refractivity contribution is 0.0697. The maximum Gasteiger partial charge on any atom is 0.335 e. The second-order valence-electron chi connectivity index (χ2n) is 6.56. The minimum absolute atomic E-state index is 0.248. The molecule has 0 radical (unpaired) electrons. The van der Waals surface area contributed by atoms with Crippen molar-refractivity contribution in [1.82, 2.24) is 9.55 Å². The van der Waals surface area contributed by atoms with Gasteiger partial charge >= 0.3 is 5.97 Å². The predicted molar refractivity (Wildman–Crippen MR) is 109 cm³/mol. The van der Waals surface area contributed by atoms with Crippen molar-refractivity contribution in [2.24, 2.45) is 0 Å². The molecule has 0 aliphatic heterocycles. The first-order valence-electron chi connectivity index (χ1n) is 9.09. The van der Waals surface area contributed by atoms with Crippen LogP contribution in [0.15, 0.2) is 73.1 Å². The molecular weight excluding hydrogens is 352 g/mol. The van der Waals surface area contributed by atoms with Crippen LogP contribution in [-0.2, 0) is 6.54 Å². The number of pyridine rings is 1. The van der Waals surface area contributed by atoms with Crippen molar-refractivity contribution in [3.05, 3.63) is 84.2 Å². The van der Waals surface area contributed by atoms with Crippen LogP contribution in [0.3, 0.4) is 0 Å². The van der Waals surface area contributed by atoms with E-state index in [0.717, 1.165) is 16.8 Å². The Bertz CT molecular complexity index is 1120. The second kappa shape index (κ2) is 7.56. The topological polar surface area (TPSA) is 64.4 Å². The molecule has 4 aromatic rings. The Labute approximate surface area is 162 Å². The molecule has 0 bridgehead atoms. The van der Waals surface area contributed by atoms with Crippen molar-refractivity contribution in [2.45, 2.75) is 13.5 Å². The van der Waals surface area contributed by atoms with Gasteiger partial charge < -0.3 is 14.4 Å². The molecule has 0 spiro atoms. The van der Waals surface area contributed by atoms with Crippen molar-refractivity contribution < 1.29 is 14.6 Å². The number of hydrogen-bond donors (Lipinski definition) is 1. The van der Waals surface area contributed by atoms with Crippen LogP contribution in [0.1, 0.15) is 15.9 Å². The number of aromatic nitrogens is 2. The van der Waals surface area contributed by atoms with E-state index in [0.29, 0.717) is 18.9 Å². The third-order valence-electron chi connectivity index (χ3n) is 4.84. The molecule has 0 saturated heterocycles. The van der Waals surface area contributed by atoms with Gasteiger partial charge in [-0.3, -0.25) is 4.98 Å². The first-order chi connectivity index (χ1) is 13.6. The van der Waals surface area contributed by atoms with Gasteiger partial charge in [0.2, 0.25) is 0 Å². The van der Waals surface area contributed by atoms with E-state index in [1.165, 1.54) is 10.9 Å². The Morgan fingerprint density at radius 3 is 2.57 bits per heavy atom. The molecule has 140 valence electrons. The fourth-order valence-corrected chi connectivity index (χ4v) is 3.53. The quantitative estimate of drug-likeness (QED) is 0.529. The highest BCUT2D eigenvalue weighted by molar-refractivity contribution is 5.91. The molecule has 0 aliphatic rings. The lowest BCUT2D eigenvalue weighted by Gasteiger charge is -2.13. The van der Waals surface area contributed by atoms with Crippen LogP contribution in [0, 0.1) is 6.92 Å². The molecule has 0 aliphatic carbocycles. The number of carbonyl (C=O) groups is 1. The van der Waals surface area contributed by atoms with Gasteiger partial charge in [0.25, 0.3) is 0 Å². The smallest absolute Gasteiger partial charge is 0.335 e. The highest BCUT2D eigenvalue weighted by Gasteiger charge is 2.15. The van der Waals surface area contributed by atoms with Crippen LogP contribution in [0.4, 0.5) is 0 Å². The zero-order valence-corrected chi connectivity index (χ0v) is 15.5. The fraction of sp³-hybridized carbons (Fsp3) is 0.130. The SMILES string of the molecule is Cc1c(-c2cccnc2)n(CCOc2ccc(C(=O)O)cc2)c2ccccc12. The summed E-state index contributed by atoms with van der Waals surface area (Å²) in [6.07, 6.45) is 3.65. The number of aromatic carboxylic acids is 1. The van der Waals surface area contributed by atoms with Crippen LogP contribution in [0.5, 0.6) is 5.75 Å². The van der Waals surface area contributed by atoms with E-state index in [4.69, 9.17) is 9.84 Å². The minimum atomic E-state index is -0.943. The molecule has 4 rings (SSSR count). The first-order valence-corrected chi connectivity index (χ1v) is 9.09. The number of benzene rings is 2. The van der Waals surface area contributed by atoms with E-state index in [1.807, 2.05) is 24.4 Å². The van der Waals surface area contributed by atoms with Gasteiger partial charge in [-0.2, -0.15) is 0 Å². The van der Waals surface area contributed by atoms with E-state index in [-0.39, 0.29) is 5.56 Å². The zero-order chi connectivity index (χ0) is 19.5. The highest BCUT2D eigenvalue weighted by Crippen LogP contribution is 2.32. The molecule has 0 atom stereocenters. The maximum absolute atomic E-state index is 11.0. The lowest BCUT2D eigenvalue weighted by atomic mass is 10.1. The Morgan fingerprint density at radius 2 is 1.86 bits per heavy atom. The predicted octanol–water partition coefficient (Wildman–Crippen LogP) is 4.79. The normalized spacial score (nSPS) is 10.9. The summed E-state index contributed by atoms with van der Waals surface area (Å²) in [5, 5.41) is 10.2. The molecule has 2 aromatic carbocycles.